The number of aliphatic hydroxyl groups excluding tert-OH is 7. The Bertz CT molecular complexity index is 5080. The summed E-state index contributed by atoms with van der Waals surface area (Å²) in [7, 11) is 2.64. The SMILES string of the molecule is CC(C)CCCCCCC(=O)N[C@H]1[C@H](Oc2c3cc4cc2Oc2ccc(cc2Cl)C[C@H]2NC(=O)[C@@H](N)c5ccc(O)c(c5)Oc5cc(O)cc(c5)[C@H](NC2=O)C(=O)N[C@H]4C(=O)N[C@H]2C(=O)N[C@@H](Cc4ccc(c(Cl)c4)O3)C(=O)N[C@H](C(=O)N(C)C)c3cc(O)cc(O[C@H]4O[C@H](CO)[C@@H](O)[C@H](O)[C@@H]4O)c3-c3cc2ccc3O)O[C@H](CO)[C@@H](O)[C@@H]1O. The molecular formula is C82H89Cl2N9O26. The molecule has 2 saturated heterocycles. The number of ether oxygens (including phenoxy) is 7. The highest BCUT2D eigenvalue weighted by Crippen LogP contribution is 2.50. The van der Waals surface area contributed by atoms with Crippen molar-refractivity contribution in [3.05, 3.63) is 164 Å². The van der Waals surface area contributed by atoms with Crippen molar-refractivity contribution >= 4 is 70.5 Å². The number of phenols is 4. The maximum absolute atomic E-state index is 16.7. The van der Waals surface area contributed by atoms with Gasteiger partial charge in [0.05, 0.1) is 23.3 Å². The van der Waals surface area contributed by atoms with Gasteiger partial charge in [-0.25, -0.2) is 0 Å². The van der Waals surface area contributed by atoms with E-state index in [-0.39, 0.29) is 72.8 Å². The lowest BCUT2D eigenvalue weighted by molar-refractivity contribution is -0.277. The number of nitrogens with one attached hydrogen (secondary N) is 7. The van der Waals surface area contributed by atoms with Crippen LogP contribution in [0, 0.1) is 5.92 Å². The Morgan fingerprint density at radius 2 is 1.07 bits per heavy atom. The quantitative estimate of drug-likeness (QED) is 0.0652. The van der Waals surface area contributed by atoms with Crippen LogP contribution in [0.4, 0.5) is 0 Å². The van der Waals surface area contributed by atoms with E-state index in [2.05, 4.69) is 51.1 Å². The number of hydrogen-bond donors (Lipinski definition) is 19. The Balaban J connectivity index is 1.04. The van der Waals surface area contributed by atoms with E-state index in [1.165, 1.54) is 74.8 Å². The average molecular weight is 1690 g/mol. The Morgan fingerprint density at radius 3 is 1.68 bits per heavy atom. The molecule has 8 aliphatic heterocycles. The van der Waals surface area contributed by atoms with Gasteiger partial charge in [0.2, 0.25) is 65.6 Å². The van der Waals surface area contributed by atoms with E-state index in [1.807, 2.05) is 0 Å². The number of fused-ring (bicyclic) bond motifs is 14. The first-order valence-electron chi connectivity index (χ1n) is 38.2. The number of likely N-dealkylation sites (N-methyl/N-ethyl adjacent to an activating group) is 1. The summed E-state index contributed by atoms with van der Waals surface area (Å²) >= 11 is 14.5. The van der Waals surface area contributed by atoms with Crippen molar-refractivity contribution < 1.29 is 128 Å². The molecule has 20 N–H and O–H groups in total. The molecule has 0 unspecified atom stereocenters. The van der Waals surface area contributed by atoms with Crippen LogP contribution >= 0.6 is 23.2 Å². The monoisotopic (exact) mass is 1690 g/mol. The average Bonchev–Trinajstić information content (AvgIpc) is 0.753. The molecule has 0 spiro atoms. The summed E-state index contributed by atoms with van der Waals surface area (Å²) in [5.74, 6) is -14.1. The van der Waals surface area contributed by atoms with Crippen LogP contribution in [0.5, 0.6) is 69.0 Å². The summed E-state index contributed by atoms with van der Waals surface area (Å²) in [6.45, 7) is 2.32. The fraction of sp³-hybridized carbons (Fsp3) is 0.390. The lowest BCUT2D eigenvalue weighted by Crippen LogP contribution is -2.65. The molecule has 17 bridgehead atoms. The van der Waals surface area contributed by atoms with Crippen LogP contribution in [0.15, 0.2) is 115 Å². The highest BCUT2D eigenvalue weighted by atomic mass is 35.5. The topological polar surface area (TPSA) is 537 Å². The first-order chi connectivity index (χ1) is 56.7. The van der Waals surface area contributed by atoms with Crippen molar-refractivity contribution in [3.63, 3.8) is 0 Å². The molecule has 2 fully saturated rings. The zero-order valence-corrected chi connectivity index (χ0v) is 65.8. The third kappa shape index (κ3) is 18.8. The van der Waals surface area contributed by atoms with Crippen molar-refractivity contribution in [1.29, 1.82) is 0 Å². The van der Waals surface area contributed by atoms with E-state index in [9.17, 15) is 70.6 Å². The van der Waals surface area contributed by atoms with E-state index in [0.29, 0.717) is 18.8 Å². The Hall–Kier alpha value is -11.3. The number of aliphatic hydroxyl groups is 7. The molecule has 8 aliphatic rings. The number of unbranched alkanes of at least 4 members (excludes halogenated alkanes) is 3. The van der Waals surface area contributed by atoms with Crippen LogP contribution in [0.3, 0.4) is 0 Å². The van der Waals surface area contributed by atoms with Gasteiger partial charge in [0.15, 0.2) is 23.0 Å². The van der Waals surface area contributed by atoms with Gasteiger partial charge in [-0.05, 0) is 130 Å². The first kappa shape index (κ1) is 85.6. The lowest BCUT2D eigenvalue weighted by atomic mass is 9.89. The number of carbonyl (C=O) groups excluding carboxylic acids is 8. The van der Waals surface area contributed by atoms with Crippen LogP contribution in [-0.2, 0) is 60.7 Å². The molecule has 0 aromatic heterocycles. The molecular weight excluding hydrogens is 1600 g/mol. The number of aromatic hydroxyl groups is 4. The molecule has 119 heavy (non-hydrogen) atoms. The van der Waals surface area contributed by atoms with E-state index in [4.69, 9.17) is 62.1 Å². The number of amides is 8. The second-order valence-corrected chi connectivity index (χ2v) is 31.3. The molecule has 8 amide bonds. The van der Waals surface area contributed by atoms with Gasteiger partial charge in [-0.2, -0.15) is 0 Å². The number of phenolic OH excluding ortho intramolecular Hbond substituents is 4. The fourth-order valence-electron chi connectivity index (χ4n) is 14.8. The van der Waals surface area contributed by atoms with Crippen LogP contribution in [0.2, 0.25) is 10.0 Å². The second kappa shape index (κ2) is 36.1. The third-order valence-corrected chi connectivity index (χ3v) is 21.8. The van der Waals surface area contributed by atoms with E-state index in [1.54, 1.807) is 0 Å². The van der Waals surface area contributed by atoms with Gasteiger partial charge >= 0.3 is 0 Å². The second-order valence-electron chi connectivity index (χ2n) is 30.4. The fourth-order valence-corrected chi connectivity index (χ4v) is 15.3. The Morgan fingerprint density at radius 1 is 0.529 bits per heavy atom. The van der Waals surface area contributed by atoms with Gasteiger partial charge in [-0.3, -0.25) is 38.4 Å². The predicted molar refractivity (Wildman–Crippen MR) is 419 cm³/mol. The van der Waals surface area contributed by atoms with Crippen molar-refractivity contribution in [2.45, 2.75) is 169 Å². The minimum atomic E-state index is -2.34. The number of benzene rings is 7. The lowest BCUT2D eigenvalue weighted by Gasteiger charge is -2.42. The van der Waals surface area contributed by atoms with Crippen LogP contribution in [-0.4, -0.2) is 209 Å². The summed E-state index contributed by atoms with van der Waals surface area (Å²) in [5, 5.41) is 143. The zero-order valence-electron chi connectivity index (χ0n) is 64.3. The molecule has 8 heterocycles. The molecule has 0 saturated carbocycles. The van der Waals surface area contributed by atoms with Crippen molar-refractivity contribution in [2.75, 3.05) is 27.3 Å². The highest BCUT2D eigenvalue weighted by molar-refractivity contribution is 6.32. The third-order valence-electron chi connectivity index (χ3n) is 21.2. The number of hydrogen-bond acceptors (Lipinski definition) is 27. The van der Waals surface area contributed by atoms with Crippen molar-refractivity contribution in [2.24, 2.45) is 11.7 Å². The predicted octanol–water partition coefficient (Wildman–Crippen LogP) is 3.56. The molecule has 35 nitrogen and oxygen atoms in total. The summed E-state index contributed by atoms with van der Waals surface area (Å²) in [4.78, 5) is 124. The van der Waals surface area contributed by atoms with E-state index >= 15 is 24.0 Å². The van der Waals surface area contributed by atoms with E-state index in [0.717, 1.165) is 78.8 Å². The van der Waals surface area contributed by atoms with Crippen LogP contribution in [0.25, 0.3) is 11.1 Å². The number of nitrogens with two attached hydrogens (primary N) is 1. The minimum Gasteiger partial charge on any atom is -0.508 e. The molecule has 632 valence electrons. The van der Waals surface area contributed by atoms with Crippen molar-refractivity contribution in [3.8, 4) is 80.1 Å². The maximum atomic E-state index is 16.7. The maximum Gasteiger partial charge on any atom is 0.249 e. The number of halogens is 2. The van der Waals surface area contributed by atoms with Gasteiger partial charge in [0, 0.05) is 56.6 Å². The molecule has 0 radical (unpaired) electrons. The van der Waals surface area contributed by atoms with Gasteiger partial charge < -0.3 is 137 Å². The Labute approximate surface area is 689 Å². The smallest absolute Gasteiger partial charge is 0.249 e. The molecule has 37 heteroatoms. The van der Waals surface area contributed by atoms with Gasteiger partial charge in [0.25, 0.3) is 0 Å². The summed E-state index contributed by atoms with van der Waals surface area (Å²) in [6.07, 6.45) is -14.4. The summed E-state index contributed by atoms with van der Waals surface area (Å²) in [5.41, 5.74) is 4.81. The molecule has 0 aliphatic carbocycles. The van der Waals surface area contributed by atoms with E-state index < -0.39 is 240 Å². The number of rotatable bonds is 15. The largest absolute Gasteiger partial charge is 0.508 e. The Kier molecular flexibility index (Phi) is 26.0. The molecule has 15 rings (SSSR count). The van der Waals surface area contributed by atoms with Crippen LogP contribution in [0.1, 0.15) is 122 Å². The normalized spacial score (nSPS) is 26.3. The van der Waals surface area contributed by atoms with Gasteiger partial charge in [-0.15, -0.1) is 0 Å². The van der Waals surface area contributed by atoms with Gasteiger partial charge in [-0.1, -0.05) is 87.0 Å². The molecule has 17 atom stereocenters. The standard InChI is InChI=1S/C82H89Cl2N9O26/c1-34(2)9-7-5-6-8-10-60(100)88-67-70(103)68(101)58(32-94)117-81(67)119-73-56-27-40-28-57(73)115-53-18-12-36(20-47(53)84)22-49-75(107)92-66(80(112)93(3)4)45-30-42(97)31-55(116-82-72(105)71(104)69(102)59(33-95)118-82)61(45)44-25-38(14-15-50(44)98)63(77(109)87-49)90-79(111)65(40)91-78(110)64-39-23-41(96)29-43(24-39)113-54-26-37(13-16-51(54)99)62(85)76(108)86-48(74(106)89-64)21-35-11-17-52(114-56)46(83)19-35/h11-20,23-31,34,48-49,58-59,62-72,81-82,94-99,101-105H,5-10,21-22,32-33,85H2,1-4H3,(H,86,108)(H,87,109)(H,88,100)(H,89,106)(H,90,111)(H,91,110)(H,92,107)/t48-,49+,58-,59-,62+,63-,64+,65-,66+,67-,68-,69-,70-,71+,72+,81+,82+/m1/s1. The summed E-state index contributed by atoms with van der Waals surface area (Å²) < 4.78 is 44.7. The molecule has 7 aromatic rings. The summed E-state index contributed by atoms with van der Waals surface area (Å²) in [6, 6.07) is 7.30. The van der Waals surface area contributed by atoms with Gasteiger partial charge in [0.1, 0.15) is 131 Å². The highest BCUT2D eigenvalue weighted by Gasteiger charge is 2.49. The minimum absolute atomic E-state index is 0.0702. The zero-order chi connectivity index (χ0) is 85.3. The van der Waals surface area contributed by atoms with Crippen molar-refractivity contribution in [1.82, 2.24) is 42.1 Å². The first-order valence-corrected chi connectivity index (χ1v) is 39.0. The molecule has 7 aromatic carbocycles. The number of nitrogens with zero attached hydrogens (tertiary/aromatic N) is 1. The number of carbonyl (C=O) groups is 8. The van der Waals surface area contributed by atoms with Crippen LogP contribution < -0.4 is 66.6 Å².